The number of benzene rings is 1. The van der Waals surface area contributed by atoms with Crippen molar-refractivity contribution >= 4 is 11.6 Å². The summed E-state index contributed by atoms with van der Waals surface area (Å²) in [4.78, 5) is 13.2. The average Bonchev–Trinajstić information content (AvgIpc) is 2.39. The Hall–Kier alpha value is -1.31. The molecule has 2 heteroatoms. The smallest absolute Gasteiger partial charge is 0.224 e. The summed E-state index contributed by atoms with van der Waals surface area (Å²) in [6.07, 6.45) is 0.982. The molecule has 0 saturated carbocycles. The van der Waals surface area contributed by atoms with Crippen LogP contribution in [0.5, 0.6) is 0 Å². The third kappa shape index (κ3) is 1.22. The lowest BCUT2D eigenvalue weighted by Crippen LogP contribution is -2.33. The molecule has 0 N–H and O–H groups in total. The number of hydrogen-bond acceptors (Lipinski definition) is 1. The van der Waals surface area contributed by atoms with Gasteiger partial charge in [0.1, 0.15) is 0 Å². The second-order valence-corrected chi connectivity index (χ2v) is 3.57. The predicted molar refractivity (Wildman–Crippen MR) is 52.8 cm³/mol. The largest absolute Gasteiger partial charge is 0.309 e. The van der Waals surface area contributed by atoms with Gasteiger partial charge in [-0.05, 0) is 25.0 Å². The highest BCUT2D eigenvalue weighted by atomic mass is 16.2. The summed E-state index contributed by atoms with van der Waals surface area (Å²) in [6.45, 7) is 3.71. The van der Waals surface area contributed by atoms with Gasteiger partial charge in [0.05, 0.1) is 0 Å². The van der Waals surface area contributed by atoms with Gasteiger partial charge in [-0.2, -0.15) is 0 Å². The van der Waals surface area contributed by atoms with Gasteiger partial charge in [-0.25, -0.2) is 0 Å². The predicted octanol–water partition coefficient (Wildman–Crippen LogP) is 1.98. The zero-order chi connectivity index (χ0) is 9.42. The normalized spacial score (nSPS) is 20.2. The van der Waals surface area contributed by atoms with E-state index in [9.17, 15) is 4.79 Å². The van der Waals surface area contributed by atoms with Gasteiger partial charge in [-0.15, -0.1) is 0 Å². The van der Waals surface area contributed by atoms with Crippen molar-refractivity contribution in [3.05, 3.63) is 29.8 Å². The van der Waals surface area contributed by atoms with Crippen LogP contribution in [-0.4, -0.2) is 11.9 Å². The van der Waals surface area contributed by atoms with Crippen LogP contribution in [0.3, 0.4) is 0 Å². The summed E-state index contributed by atoms with van der Waals surface area (Å²) in [7, 11) is 0. The second kappa shape index (κ2) is 2.87. The number of nitrogens with zero attached hydrogens (tertiary/aromatic N) is 1. The molecule has 0 aromatic heterocycles. The van der Waals surface area contributed by atoms with Crippen molar-refractivity contribution in [1.82, 2.24) is 0 Å². The molecule has 13 heavy (non-hydrogen) atoms. The minimum Gasteiger partial charge on any atom is -0.309 e. The summed E-state index contributed by atoms with van der Waals surface area (Å²) in [5, 5.41) is 0. The van der Waals surface area contributed by atoms with E-state index >= 15 is 0 Å². The lowest BCUT2D eigenvalue weighted by molar-refractivity contribution is -0.116. The SMILES string of the molecule is CC(=O)N1c2ccccc2C[C@@H]1C. The summed E-state index contributed by atoms with van der Waals surface area (Å²) >= 11 is 0. The van der Waals surface area contributed by atoms with Crippen LogP contribution in [0.1, 0.15) is 19.4 Å². The van der Waals surface area contributed by atoms with Crippen molar-refractivity contribution in [2.24, 2.45) is 0 Å². The van der Waals surface area contributed by atoms with Crippen LogP contribution in [0, 0.1) is 0 Å². The monoisotopic (exact) mass is 175 g/mol. The van der Waals surface area contributed by atoms with Crippen molar-refractivity contribution in [2.45, 2.75) is 26.3 Å². The van der Waals surface area contributed by atoms with Crippen LogP contribution < -0.4 is 4.90 Å². The number of carbonyl (C=O) groups is 1. The van der Waals surface area contributed by atoms with Gasteiger partial charge in [-0.3, -0.25) is 4.79 Å². The van der Waals surface area contributed by atoms with Crippen molar-refractivity contribution in [3.8, 4) is 0 Å². The first kappa shape index (κ1) is 8.30. The topological polar surface area (TPSA) is 20.3 Å². The van der Waals surface area contributed by atoms with E-state index in [2.05, 4.69) is 13.0 Å². The molecule has 1 aliphatic heterocycles. The molecule has 68 valence electrons. The number of para-hydroxylation sites is 1. The zero-order valence-corrected chi connectivity index (χ0v) is 7.95. The highest BCUT2D eigenvalue weighted by Gasteiger charge is 2.27. The van der Waals surface area contributed by atoms with E-state index in [0.29, 0.717) is 6.04 Å². The molecule has 1 aliphatic rings. The van der Waals surface area contributed by atoms with E-state index < -0.39 is 0 Å². The quantitative estimate of drug-likeness (QED) is 0.590. The van der Waals surface area contributed by atoms with Crippen LogP contribution in [-0.2, 0) is 11.2 Å². The Labute approximate surface area is 78.2 Å². The van der Waals surface area contributed by atoms with Gasteiger partial charge in [0.25, 0.3) is 0 Å². The maximum Gasteiger partial charge on any atom is 0.224 e. The fraction of sp³-hybridized carbons (Fsp3) is 0.364. The van der Waals surface area contributed by atoms with Crippen molar-refractivity contribution in [1.29, 1.82) is 0 Å². The van der Waals surface area contributed by atoms with Crippen molar-refractivity contribution in [2.75, 3.05) is 4.90 Å². The van der Waals surface area contributed by atoms with E-state index in [1.54, 1.807) is 6.92 Å². The van der Waals surface area contributed by atoms with E-state index in [4.69, 9.17) is 0 Å². The van der Waals surface area contributed by atoms with E-state index in [1.165, 1.54) is 5.56 Å². The Morgan fingerprint density at radius 1 is 1.46 bits per heavy atom. The molecule has 1 amide bonds. The zero-order valence-electron chi connectivity index (χ0n) is 7.95. The first-order chi connectivity index (χ1) is 6.20. The summed E-state index contributed by atoms with van der Waals surface area (Å²) in [5.74, 6) is 0.137. The number of rotatable bonds is 0. The molecule has 0 bridgehead atoms. The Bertz CT molecular complexity index is 346. The first-order valence-electron chi connectivity index (χ1n) is 4.58. The molecule has 0 unspecified atom stereocenters. The van der Waals surface area contributed by atoms with Crippen molar-refractivity contribution in [3.63, 3.8) is 0 Å². The van der Waals surface area contributed by atoms with Gasteiger partial charge < -0.3 is 4.90 Å². The van der Waals surface area contributed by atoms with Gasteiger partial charge in [0, 0.05) is 18.7 Å². The Kier molecular flexibility index (Phi) is 1.83. The summed E-state index contributed by atoms with van der Waals surface area (Å²) in [6, 6.07) is 8.42. The minimum absolute atomic E-state index is 0.137. The van der Waals surface area contributed by atoms with Crippen LogP contribution >= 0.6 is 0 Å². The molecule has 1 heterocycles. The van der Waals surface area contributed by atoms with Gasteiger partial charge in [0.2, 0.25) is 5.91 Å². The first-order valence-corrected chi connectivity index (χ1v) is 4.58. The van der Waals surface area contributed by atoms with E-state index in [1.807, 2.05) is 23.1 Å². The molecule has 2 rings (SSSR count). The Balaban J connectivity index is 2.46. The van der Waals surface area contributed by atoms with Gasteiger partial charge in [0.15, 0.2) is 0 Å². The third-order valence-corrected chi connectivity index (χ3v) is 2.55. The van der Waals surface area contributed by atoms with Crippen LogP contribution in [0.25, 0.3) is 0 Å². The number of hydrogen-bond donors (Lipinski definition) is 0. The maximum atomic E-state index is 11.3. The standard InChI is InChI=1S/C11H13NO/c1-8-7-10-5-3-4-6-11(10)12(8)9(2)13/h3-6,8H,7H2,1-2H3/t8-/m0/s1. The number of fused-ring (bicyclic) bond motifs is 1. The Morgan fingerprint density at radius 3 is 2.85 bits per heavy atom. The molecule has 2 nitrogen and oxygen atoms in total. The number of anilines is 1. The van der Waals surface area contributed by atoms with Crippen LogP contribution in [0.2, 0.25) is 0 Å². The maximum absolute atomic E-state index is 11.3. The fourth-order valence-corrected chi connectivity index (χ4v) is 2.05. The average molecular weight is 175 g/mol. The number of carbonyl (C=O) groups excluding carboxylic acids is 1. The molecule has 0 spiro atoms. The molecule has 0 radical (unpaired) electrons. The van der Waals surface area contributed by atoms with E-state index in [-0.39, 0.29) is 5.91 Å². The third-order valence-electron chi connectivity index (χ3n) is 2.55. The molecular formula is C11H13NO. The second-order valence-electron chi connectivity index (χ2n) is 3.57. The molecule has 0 fully saturated rings. The molecular weight excluding hydrogens is 162 g/mol. The highest BCUT2D eigenvalue weighted by molar-refractivity contribution is 5.94. The summed E-state index contributed by atoms with van der Waals surface area (Å²) in [5.41, 5.74) is 2.37. The molecule has 0 saturated heterocycles. The van der Waals surface area contributed by atoms with Crippen LogP contribution in [0.15, 0.2) is 24.3 Å². The molecule has 1 aromatic rings. The molecule has 1 aromatic carbocycles. The molecule has 0 aliphatic carbocycles. The van der Waals surface area contributed by atoms with Crippen molar-refractivity contribution < 1.29 is 4.79 Å². The fourth-order valence-electron chi connectivity index (χ4n) is 2.05. The summed E-state index contributed by atoms with van der Waals surface area (Å²) < 4.78 is 0. The minimum atomic E-state index is 0.137. The lowest BCUT2D eigenvalue weighted by atomic mass is 10.1. The van der Waals surface area contributed by atoms with Crippen LogP contribution in [0.4, 0.5) is 5.69 Å². The van der Waals surface area contributed by atoms with E-state index in [0.717, 1.165) is 12.1 Å². The number of amides is 1. The Morgan fingerprint density at radius 2 is 2.15 bits per heavy atom. The highest BCUT2D eigenvalue weighted by Crippen LogP contribution is 2.31. The molecule has 1 atom stereocenters. The van der Waals surface area contributed by atoms with Gasteiger partial charge in [-0.1, -0.05) is 18.2 Å². The lowest BCUT2D eigenvalue weighted by Gasteiger charge is -2.20. The van der Waals surface area contributed by atoms with Gasteiger partial charge >= 0.3 is 0 Å².